The molecule has 2 aromatic rings. The summed E-state index contributed by atoms with van der Waals surface area (Å²) in [5.74, 6) is 1.09. The minimum absolute atomic E-state index is 0.401. The second-order valence-electron chi connectivity index (χ2n) is 2.62. The van der Waals surface area contributed by atoms with E-state index in [2.05, 4.69) is 21.1 Å². The van der Waals surface area contributed by atoms with Crippen LogP contribution in [0.15, 0.2) is 39.3 Å². The Labute approximate surface area is 83.7 Å². The average molecular weight is 239 g/mol. The van der Waals surface area contributed by atoms with E-state index in [1.807, 2.05) is 24.3 Å². The van der Waals surface area contributed by atoms with Gasteiger partial charge >= 0.3 is 0 Å². The maximum atomic E-state index is 5.43. The molecule has 0 unspecified atom stereocenters. The zero-order chi connectivity index (χ0) is 9.26. The molecule has 0 radical (unpaired) electrons. The highest BCUT2D eigenvalue weighted by Gasteiger charge is 2.03. The first-order valence-electron chi connectivity index (χ1n) is 3.74. The fraction of sp³-hybridized carbons (Fsp3) is 0. The zero-order valence-electron chi connectivity index (χ0n) is 6.70. The van der Waals surface area contributed by atoms with Crippen LogP contribution in [-0.2, 0) is 0 Å². The molecule has 0 aliphatic carbocycles. The highest BCUT2D eigenvalue weighted by molar-refractivity contribution is 9.10. The molecule has 0 saturated carbocycles. The van der Waals surface area contributed by atoms with Crippen molar-refractivity contribution in [2.24, 2.45) is 0 Å². The predicted octanol–water partition coefficient (Wildman–Crippen LogP) is 2.69. The Morgan fingerprint density at radius 1 is 1.23 bits per heavy atom. The van der Waals surface area contributed by atoms with Gasteiger partial charge in [-0.2, -0.15) is 0 Å². The van der Waals surface area contributed by atoms with E-state index < -0.39 is 0 Å². The van der Waals surface area contributed by atoms with E-state index in [-0.39, 0.29) is 0 Å². The lowest BCUT2D eigenvalue weighted by Gasteiger charge is -1.93. The van der Waals surface area contributed by atoms with Gasteiger partial charge in [0.2, 0.25) is 0 Å². The van der Waals surface area contributed by atoms with Gasteiger partial charge in [0.25, 0.3) is 0 Å². The van der Waals surface area contributed by atoms with Gasteiger partial charge in [-0.05, 0) is 12.1 Å². The quantitative estimate of drug-likeness (QED) is 0.832. The number of nitrogens with zero attached hydrogens (tertiary/aromatic N) is 1. The van der Waals surface area contributed by atoms with Crippen molar-refractivity contribution in [1.29, 1.82) is 0 Å². The lowest BCUT2D eigenvalue weighted by Crippen LogP contribution is -1.79. The first-order chi connectivity index (χ1) is 6.25. The van der Waals surface area contributed by atoms with Crippen molar-refractivity contribution < 1.29 is 4.52 Å². The van der Waals surface area contributed by atoms with Gasteiger partial charge in [-0.15, -0.1) is 0 Å². The Hall–Kier alpha value is -1.29. The summed E-state index contributed by atoms with van der Waals surface area (Å²) in [6.07, 6.45) is 0. The molecule has 0 saturated heterocycles. The Morgan fingerprint density at radius 3 is 2.46 bits per heavy atom. The summed E-state index contributed by atoms with van der Waals surface area (Å²) in [6, 6.07) is 9.44. The molecule has 66 valence electrons. The number of hydrogen-bond acceptors (Lipinski definition) is 3. The van der Waals surface area contributed by atoms with Crippen molar-refractivity contribution in [3.05, 3.63) is 34.8 Å². The average Bonchev–Trinajstić information content (AvgIpc) is 2.53. The standard InChI is InChI=1S/C9H7BrN2O/c10-7-3-1-6(2-4-7)8-5-9(11)12-13-8/h1-5H,(H2,11,12). The van der Waals surface area contributed by atoms with Crippen LogP contribution in [0.1, 0.15) is 0 Å². The summed E-state index contributed by atoms with van der Waals surface area (Å²) in [4.78, 5) is 0. The monoisotopic (exact) mass is 238 g/mol. The molecule has 0 atom stereocenters. The van der Waals surface area contributed by atoms with E-state index in [4.69, 9.17) is 10.3 Å². The normalized spacial score (nSPS) is 10.2. The van der Waals surface area contributed by atoms with Crippen LogP contribution < -0.4 is 5.73 Å². The molecule has 13 heavy (non-hydrogen) atoms. The Morgan fingerprint density at radius 2 is 1.92 bits per heavy atom. The molecule has 0 aliphatic heterocycles. The van der Waals surface area contributed by atoms with Crippen molar-refractivity contribution in [3.63, 3.8) is 0 Å². The molecular formula is C9H7BrN2O. The second-order valence-corrected chi connectivity index (χ2v) is 3.54. The smallest absolute Gasteiger partial charge is 0.169 e. The first kappa shape index (κ1) is 8.31. The van der Waals surface area contributed by atoms with E-state index in [1.54, 1.807) is 6.07 Å². The summed E-state index contributed by atoms with van der Waals surface area (Å²) in [6.45, 7) is 0. The summed E-state index contributed by atoms with van der Waals surface area (Å²) in [5, 5.41) is 3.61. The van der Waals surface area contributed by atoms with Crippen molar-refractivity contribution in [3.8, 4) is 11.3 Å². The number of hydrogen-bond donors (Lipinski definition) is 1. The van der Waals surface area contributed by atoms with Crippen molar-refractivity contribution >= 4 is 21.7 Å². The molecule has 0 amide bonds. The first-order valence-corrected chi connectivity index (χ1v) is 4.53. The van der Waals surface area contributed by atoms with Gasteiger partial charge in [0.05, 0.1) is 0 Å². The highest BCUT2D eigenvalue weighted by Crippen LogP contribution is 2.22. The molecule has 2 rings (SSSR count). The van der Waals surface area contributed by atoms with Crippen LogP contribution in [0.25, 0.3) is 11.3 Å². The Kier molecular flexibility index (Phi) is 2.06. The number of aromatic nitrogens is 1. The van der Waals surface area contributed by atoms with Gasteiger partial charge in [0.1, 0.15) is 0 Å². The number of rotatable bonds is 1. The van der Waals surface area contributed by atoms with Crippen LogP contribution in [0, 0.1) is 0 Å². The fourth-order valence-corrected chi connectivity index (χ4v) is 1.30. The maximum Gasteiger partial charge on any atom is 0.169 e. The van der Waals surface area contributed by atoms with Gasteiger partial charge in [-0.3, -0.25) is 0 Å². The predicted molar refractivity (Wildman–Crippen MR) is 54.1 cm³/mol. The Balaban J connectivity index is 2.41. The van der Waals surface area contributed by atoms with Gasteiger partial charge in [-0.1, -0.05) is 33.2 Å². The topological polar surface area (TPSA) is 52.0 Å². The van der Waals surface area contributed by atoms with Crippen LogP contribution in [-0.4, -0.2) is 5.16 Å². The van der Waals surface area contributed by atoms with Crippen LogP contribution in [0.4, 0.5) is 5.82 Å². The summed E-state index contributed by atoms with van der Waals surface area (Å²) in [5.41, 5.74) is 6.40. The minimum Gasteiger partial charge on any atom is -0.381 e. The SMILES string of the molecule is Nc1cc(-c2ccc(Br)cc2)on1. The second kappa shape index (κ2) is 3.22. The molecule has 4 heteroatoms. The van der Waals surface area contributed by atoms with Crippen LogP contribution >= 0.6 is 15.9 Å². The largest absolute Gasteiger partial charge is 0.381 e. The van der Waals surface area contributed by atoms with Gasteiger partial charge < -0.3 is 10.3 Å². The van der Waals surface area contributed by atoms with E-state index in [0.29, 0.717) is 11.6 Å². The molecule has 0 spiro atoms. The van der Waals surface area contributed by atoms with Crippen molar-refractivity contribution in [1.82, 2.24) is 5.16 Å². The van der Waals surface area contributed by atoms with Crippen LogP contribution in [0.3, 0.4) is 0 Å². The lowest BCUT2D eigenvalue weighted by atomic mass is 10.2. The summed E-state index contributed by atoms with van der Waals surface area (Å²) in [7, 11) is 0. The van der Waals surface area contributed by atoms with E-state index in [0.717, 1.165) is 10.0 Å². The maximum absolute atomic E-state index is 5.43. The molecule has 0 fully saturated rings. The molecule has 1 aromatic carbocycles. The highest BCUT2D eigenvalue weighted by atomic mass is 79.9. The van der Waals surface area contributed by atoms with Crippen molar-refractivity contribution in [2.45, 2.75) is 0 Å². The zero-order valence-corrected chi connectivity index (χ0v) is 8.28. The fourth-order valence-electron chi connectivity index (χ4n) is 1.04. The summed E-state index contributed by atoms with van der Waals surface area (Å²) >= 11 is 3.35. The van der Waals surface area contributed by atoms with Gasteiger partial charge in [0, 0.05) is 16.1 Å². The third kappa shape index (κ3) is 1.72. The van der Waals surface area contributed by atoms with Crippen LogP contribution in [0.5, 0.6) is 0 Å². The number of nitrogen functional groups attached to an aromatic ring is 1. The number of halogens is 1. The summed E-state index contributed by atoms with van der Waals surface area (Å²) < 4.78 is 6.03. The number of nitrogens with two attached hydrogens (primary N) is 1. The minimum atomic E-state index is 0.401. The van der Waals surface area contributed by atoms with Gasteiger partial charge in [0.15, 0.2) is 11.6 Å². The number of benzene rings is 1. The van der Waals surface area contributed by atoms with Crippen molar-refractivity contribution in [2.75, 3.05) is 5.73 Å². The molecular weight excluding hydrogens is 232 g/mol. The molecule has 1 heterocycles. The van der Waals surface area contributed by atoms with E-state index >= 15 is 0 Å². The third-order valence-corrected chi connectivity index (χ3v) is 2.19. The third-order valence-electron chi connectivity index (χ3n) is 1.66. The van der Waals surface area contributed by atoms with E-state index in [9.17, 15) is 0 Å². The molecule has 1 aromatic heterocycles. The lowest BCUT2D eigenvalue weighted by molar-refractivity contribution is 0.436. The molecule has 2 N–H and O–H groups in total. The molecule has 0 bridgehead atoms. The number of anilines is 1. The van der Waals surface area contributed by atoms with E-state index in [1.165, 1.54) is 0 Å². The molecule has 3 nitrogen and oxygen atoms in total. The van der Waals surface area contributed by atoms with Crippen LogP contribution in [0.2, 0.25) is 0 Å². The molecule has 0 aliphatic rings. The van der Waals surface area contributed by atoms with Gasteiger partial charge in [-0.25, -0.2) is 0 Å². The Bertz CT molecular complexity index is 408.